The van der Waals surface area contributed by atoms with Crippen molar-refractivity contribution < 1.29 is 9.13 Å². The lowest BCUT2D eigenvalue weighted by Crippen LogP contribution is -1.92. The molecule has 0 saturated carbocycles. The van der Waals surface area contributed by atoms with Gasteiger partial charge in [0.15, 0.2) is 0 Å². The van der Waals surface area contributed by atoms with Gasteiger partial charge in [-0.05, 0) is 40.2 Å². The fourth-order valence-electron chi connectivity index (χ4n) is 1.25. The van der Waals surface area contributed by atoms with E-state index in [-0.39, 0.29) is 5.82 Å². The largest absolute Gasteiger partial charge is 0.454 e. The Balaban J connectivity index is 2.34. The number of ether oxygens (including phenoxy) is 1. The molecule has 0 unspecified atom stereocenters. The molecule has 0 fully saturated rings. The highest BCUT2D eigenvalue weighted by molar-refractivity contribution is 9.10. The summed E-state index contributed by atoms with van der Waals surface area (Å²) in [7, 11) is 0. The molecular formula is C12H9BrFNO. The summed E-state index contributed by atoms with van der Waals surface area (Å²) < 4.78 is 19.2. The number of nitrogens with two attached hydrogens (primary N) is 1. The average Bonchev–Trinajstić information content (AvgIpc) is 2.27. The molecule has 4 heteroatoms. The van der Waals surface area contributed by atoms with Gasteiger partial charge in [-0.15, -0.1) is 0 Å². The van der Waals surface area contributed by atoms with E-state index in [1.165, 1.54) is 12.1 Å². The number of para-hydroxylation sites is 2. The Bertz CT molecular complexity index is 516. The molecule has 2 N–H and O–H groups in total. The Morgan fingerprint density at radius 2 is 1.81 bits per heavy atom. The van der Waals surface area contributed by atoms with Gasteiger partial charge in [0, 0.05) is 6.07 Å². The number of hydrogen-bond acceptors (Lipinski definition) is 2. The van der Waals surface area contributed by atoms with Crippen LogP contribution in [0.5, 0.6) is 11.5 Å². The normalized spacial score (nSPS) is 10.1. The first-order valence-corrected chi connectivity index (χ1v) is 5.43. The lowest BCUT2D eigenvalue weighted by molar-refractivity contribution is 0.476. The van der Waals surface area contributed by atoms with Gasteiger partial charge in [0.1, 0.15) is 17.3 Å². The molecule has 82 valence electrons. The summed E-state index contributed by atoms with van der Waals surface area (Å²) in [6, 6.07) is 11.3. The van der Waals surface area contributed by atoms with Gasteiger partial charge in [0.05, 0.1) is 10.2 Å². The smallest absolute Gasteiger partial charge is 0.150 e. The number of nitrogen functional groups attached to an aromatic ring is 1. The van der Waals surface area contributed by atoms with Crippen molar-refractivity contribution in [3.63, 3.8) is 0 Å². The molecule has 0 radical (unpaired) electrons. The Labute approximate surface area is 101 Å². The van der Waals surface area contributed by atoms with Crippen molar-refractivity contribution in [3.8, 4) is 11.5 Å². The van der Waals surface area contributed by atoms with E-state index in [2.05, 4.69) is 15.9 Å². The van der Waals surface area contributed by atoms with Crippen molar-refractivity contribution >= 4 is 21.6 Å². The minimum Gasteiger partial charge on any atom is -0.454 e. The predicted octanol–water partition coefficient (Wildman–Crippen LogP) is 3.96. The highest BCUT2D eigenvalue weighted by Crippen LogP contribution is 2.32. The van der Waals surface area contributed by atoms with Gasteiger partial charge in [-0.3, -0.25) is 0 Å². The second kappa shape index (κ2) is 4.53. The van der Waals surface area contributed by atoms with Crippen LogP contribution in [0.3, 0.4) is 0 Å². The molecule has 0 amide bonds. The zero-order chi connectivity index (χ0) is 11.5. The molecule has 0 atom stereocenters. The molecule has 2 aromatic rings. The van der Waals surface area contributed by atoms with Crippen molar-refractivity contribution in [3.05, 3.63) is 52.8 Å². The van der Waals surface area contributed by atoms with Crippen LogP contribution in [-0.2, 0) is 0 Å². The van der Waals surface area contributed by atoms with Gasteiger partial charge < -0.3 is 10.5 Å². The topological polar surface area (TPSA) is 35.2 Å². The summed E-state index contributed by atoms with van der Waals surface area (Å²) in [5.74, 6) is 0.555. The van der Waals surface area contributed by atoms with Gasteiger partial charge in [-0.25, -0.2) is 4.39 Å². The Hall–Kier alpha value is -1.55. The fraction of sp³-hybridized carbons (Fsp3) is 0. The standard InChI is InChI=1S/C12H9BrFNO/c13-9-6-5-8(14)7-12(9)16-11-4-2-1-3-10(11)15/h1-7H,15H2. The zero-order valence-corrected chi connectivity index (χ0v) is 9.87. The van der Waals surface area contributed by atoms with E-state index in [1.807, 2.05) is 6.07 Å². The van der Waals surface area contributed by atoms with Gasteiger partial charge in [0.2, 0.25) is 0 Å². The molecule has 0 aromatic heterocycles. The van der Waals surface area contributed by atoms with Gasteiger partial charge in [-0.1, -0.05) is 12.1 Å². The quantitative estimate of drug-likeness (QED) is 0.846. The van der Waals surface area contributed by atoms with Crippen LogP contribution in [0.2, 0.25) is 0 Å². The van der Waals surface area contributed by atoms with Crippen LogP contribution in [-0.4, -0.2) is 0 Å². The fourth-order valence-corrected chi connectivity index (χ4v) is 1.57. The van der Waals surface area contributed by atoms with Crippen molar-refractivity contribution in [2.45, 2.75) is 0 Å². The molecule has 0 aliphatic carbocycles. The van der Waals surface area contributed by atoms with Crippen LogP contribution in [0.25, 0.3) is 0 Å². The number of rotatable bonds is 2. The Morgan fingerprint density at radius 1 is 1.06 bits per heavy atom. The summed E-state index contributed by atoms with van der Waals surface area (Å²) in [6.07, 6.45) is 0. The number of hydrogen-bond donors (Lipinski definition) is 1. The third-order valence-electron chi connectivity index (χ3n) is 2.03. The molecule has 0 bridgehead atoms. The third-order valence-corrected chi connectivity index (χ3v) is 2.69. The van der Waals surface area contributed by atoms with Crippen molar-refractivity contribution in [1.29, 1.82) is 0 Å². The molecule has 2 nitrogen and oxygen atoms in total. The summed E-state index contributed by atoms with van der Waals surface area (Å²) >= 11 is 3.28. The molecule has 2 aromatic carbocycles. The molecular weight excluding hydrogens is 273 g/mol. The van der Waals surface area contributed by atoms with E-state index in [4.69, 9.17) is 10.5 Å². The summed E-state index contributed by atoms with van der Waals surface area (Å²) in [4.78, 5) is 0. The SMILES string of the molecule is Nc1ccccc1Oc1cc(F)ccc1Br. The van der Waals surface area contributed by atoms with Gasteiger partial charge in [0.25, 0.3) is 0 Å². The number of benzene rings is 2. The Kier molecular flexibility index (Phi) is 3.10. The molecule has 16 heavy (non-hydrogen) atoms. The first kappa shape index (κ1) is 11.0. The van der Waals surface area contributed by atoms with Crippen LogP contribution in [0.4, 0.5) is 10.1 Å². The van der Waals surface area contributed by atoms with Crippen molar-refractivity contribution in [2.75, 3.05) is 5.73 Å². The van der Waals surface area contributed by atoms with Crippen LogP contribution in [0.1, 0.15) is 0 Å². The minimum absolute atomic E-state index is 0.354. The molecule has 2 rings (SSSR count). The molecule has 0 aliphatic rings. The van der Waals surface area contributed by atoms with E-state index in [0.717, 1.165) is 0 Å². The summed E-state index contributed by atoms with van der Waals surface area (Å²) in [5, 5.41) is 0. The van der Waals surface area contributed by atoms with E-state index < -0.39 is 0 Å². The van der Waals surface area contributed by atoms with E-state index >= 15 is 0 Å². The maximum absolute atomic E-state index is 13.0. The molecule has 0 spiro atoms. The second-order valence-corrected chi connectivity index (χ2v) is 4.07. The van der Waals surface area contributed by atoms with E-state index in [9.17, 15) is 4.39 Å². The highest BCUT2D eigenvalue weighted by Gasteiger charge is 2.06. The maximum atomic E-state index is 13.0. The Morgan fingerprint density at radius 3 is 2.56 bits per heavy atom. The second-order valence-electron chi connectivity index (χ2n) is 3.21. The monoisotopic (exact) mass is 281 g/mol. The van der Waals surface area contributed by atoms with Crippen LogP contribution in [0.15, 0.2) is 46.9 Å². The van der Waals surface area contributed by atoms with Gasteiger partial charge in [-0.2, -0.15) is 0 Å². The van der Waals surface area contributed by atoms with E-state index in [0.29, 0.717) is 21.7 Å². The number of anilines is 1. The van der Waals surface area contributed by atoms with Crippen LogP contribution < -0.4 is 10.5 Å². The van der Waals surface area contributed by atoms with Crippen LogP contribution in [0, 0.1) is 5.82 Å². The summed E-state index contributed by atoms with van der Waals surface area (Å²) in [5.41, 5.74) is 6.24. The third kappa shape index (κ3) is 2.33. The lowest BCUT2D eigenvalue weighted by atomic mass is 10.3. The highest BCUT2D eigenvalue weighted by atomic mass is 79.9. The molecule has 0 saturated heterocycles. The molecule has 0 aliphatic heterocycles. The van der Waals surface area contributed by atoms with E-state index in [1.54, 1.807) is 24.3 Å². The predicted molar refractivity (Wildman–Crippen MR) is 65.0 cm³/mol. The van der Waals surface area contributed by atoms with Crippen LogP contribution >= 0.6 is 15.9 Å². The first-order chi connectivity index (χ1) is 7.66. The number of halogens is 2. The zero-order valence-electron chi connectivity index (χ0n) is 8.28. The minimum atomic E-state index is -0.354. The first-order valence-electron chi connectivity index (χ1n) is 4.64. The average molecular weight is 282 g/mol. The van der Waals surface area contributed by atoms with Gasteiger partial charge >= 0.3 is 0 Å². The van der Waals surface area contributed by atoms with Crippen molar-refractivity contribution in [2.24, 2.45) is 0 Å². The lowest BCUT2D eigenvalue weighted by Gasteiger charge is -2.09. The summed E-state index contributed by atoms with van der Waals surface area (Å²) in [6.45, 7) is 0. The van der Waals surface area contributed by atoms with Crippen molar-refractivity contribution in [1.82, 2.24) is 0 Å². The molecule has 0 heterocycles. The maximum Gasteiger partial charge on any atom is 0.150 e.